The van der Waals surface area contributed by atoms with E-state index in [9.17, 15) is 9.59 Å². The van der Waals surface area contributed by atoms with Crippen molar-refractivity contribution in [3.8, 4) is 0 Å². The fourth-order valence-electron chi connectivity index (χ4n) is 4.56. The van der Waals surface area contributed by atoms with Crippen molar-refractivity contribution >= 4 is 30.4 Å². The molecule has 0 aromatic rings. The van der Waals surface area contributed by atoms with Crippen LogP contribution in [0.4, 0.5) is 4.79 Å². The molecular formula is C24H45NO3Sn. The number of ether oxygens (including phenoxy) is 1. The molecule has 0 aromatic carbocycles. The first-order valence-corrected chi connectivity index (χ1v) is 19.3. The molecule has 0 bridgehead atoms. The number of hydrogen-bond donors (Lipinski definition) is 0. The minimum absolute atomic E-state index is 0.112. The molecule has 0 aromatic heterocycles. The summed E-state index contributed by atoms with van der Waals surface area (Å²) in [6, 6.07) is -0.112. The molecule has 0 N–H and O–H groups in total. The van der Waals surface area contributed by atoms with Gasteiger partial charge in [0.2, 0.25) is 0 Å². The summed E-state index contributed by atoms with van der Waals surface area (Å²) in [4.78, 5) is 27.5. The van der Waals surface area contributed by atoms with E-state index in [-0.39, 0.29) is 17.9 Å². The number of carbonyl (C=O) groups is 2. The second-order valence-corrected chi connectivity index (χ2v) is 23.3. The van der Waals surface area contributed by atoms with Gasteiger partial charge in [0.05, 0.1) is 0 Å². The van der Waals surface area contributed by atoms with Gasteiger partial charge in [0.15, 0.2) is 0 Å². The summed E-state index contributed by atoms with van der Waals surface area (Å²) in [5, 5.41) is 0. The predicted molar refractivity (Wildman–Crippen MR) is 125 cm³/mol. The molecule has 1 aliphatic rings. The summed E-state index contributed by atoms with van der Waals surface area (Å²) in [7, 11) is 0. The number of imide groups is 1. The molecule has 168 valence electrons. The number of nitrogens with zero attached hydrogens (tertiary/aromatic N) is 1. The van der Waals surface area contributed by atoms with Crippen LogP contribution in [0.2, 0.25) is 13.3 Å². The van der Waals surface area contributed by atoms with E-state index in [1.807, 2.05) is 26.8 Å². The van der Waals surface area contributed by atoms with Crippen LogP contribution in [-0.4, -0.2) is 46.9 Å². The predicted octanol–water partition coefficient (Wildman–Crippen LogP) is 7.10. The number of hydrogen-bond acceptors (Lipinski definition) is 3. The molecule has 1 atom stereocenters. The molecule has 0 aliphatic carbocycles. The summed E-state index contributed by atoms with van der Waals surface area (Å²) in [6.07, 6.45) is 8.71. The van der Waals surface area contributed by atoms with Crippen LogP contribution in [0.25, 0.3) is 0 Å². The van der Waals surface area contributed by atoms with Gasteiger partial charge in [-0.1, -0.05) is 0 Å². The quantitative estimate of drug-likeness (QED) is 0.276. The first-order chi connectivity index (χ1) is 13.5. The number of amides is 2. The van der Waals surface area contributed by atoms with E-state index in [1.165, 1.54) is 60.3 Å². The second kappa shape index (κ2) is 11.8. The first kappa shape index (κ1) is 26.5. The standard InChI is InChI=1S/C12H18NO3.3C4H9.Sn/c1-8(2)9-6-7-10(14)13(9)11(15)16-12(3,4)5;3*1-3-4-2;/h7-9H,1-5H3;3*1,3-4H2,2H3;. The second-order valence-electron chi connectivity index (χ2n) is 10.1. The Bertz CT molecular complexity index is 555. The summed E-state index contributed by atoms with van der Waals surface area (Å²) >= 11 is -2.80. The molecule has 4 nitrogen and oxygen atoms in total. The third-order valence-corrected chi connectivity index (χ3v) is 21.9. The molecule has 1 rings (SSSR count). The van der Waals surface area contributed by atoms with Crippen molar-refractivity contribution in [2.75, 3.05) is 0 Å². The van der Waals surface area contributed by atoms with Crippen LogP contribution in [-0.2, 0) is 9.53 Å². The van der Waals surface area contributed by atoms with Crippen LogP contribution in [0.1, 0.15) is 93.9 Å². The third-order valence-electron chi connectivity index (χ3n) is 5.97. The zero-order chi connectivity index (χ0) is 22.2. The van der Waals surface area contributed by atoms with Crippen LogP contribution >= 0.6 is 0 Å². The zero-order valence-corrected chi connectivity index (χ0v) is 23.1. The molecule has 0 saturated carbocycles. The van der Waals surface area contributed by atoms with Crippen molar-refractivity contribution in [1.82, 2.24) is 4.90 Å². The molecule has 1 unspecified atom stereocenters. The topological polar surface area (TPSA) is 46.6 Å². The maximum atomic E-state index is 13.1. The van der Waals surface area contributed by atoms with Crippen LogP contribution in [0.15, 0.2) is 9.67 Å². The zero-order valence-electron chi connectivity index (χ0n) is 20.3. The van der Waals surface area contributed by atoms with Gasteiger partial charge >= 0.3 is 184 Å². The van der Waals surface area contributed by atoms with Gasteiger partial charge in [-0.05, 0) is 0 Å². The molecule has 2 amide bonds. The minimum atomic E-state index is -2.80. The van der Waals surface area contributed by atoms with E-state index < -0.39 is 30.1 Å². The number of unbranched alkanes of at least 4 members (excludes halogenated alkanes) is 3. The van der Waals surface area contributed by atoms with Crippen molar-refractivity contribution in [2.45, 2.75) is 119 Å². The van der Waals surface area contributed by atoms with Gasteiger partial charge in [-0.2, -0.15) is 0 Å². The first-order valence-electron chi connectivity index (χ1n) is 11.8. The summed E-state index contributed by atoms with van der Waals surface area (Å²) in [5.41, 5.74) is -0.603. The Kier molecular flexibility index (Phi) is 10.8. The van der Waals surface area contributed by atoms with Gasteiger partial charge in [-0.15, -0.1) is 0 Å². The molecule has 29 heavy (non-hydrogen) atoms. The van der Waals surface area contributed by atoms with Crippen molar-refractivity contribution in [3.63, 3.8) is 0 Å². The van der Waals surface area contributed by atoms with E-state index in [2.05, 4.69) is 34.6 Å². The van der Waals surface area contributed by atoms with Gasteiger partial charge in [0, 0.05) is 0 Å². The Hall–Kier alpha value is -0.521. The van der Waals surface area contributed by atoms with Crippen LogP contribution in [0.3, 0.4) is 0 Å². The molecule has 1 heterocycles. The van der Waals surface area contributed by atoms with Gasteiger partial charge in [-0.3, -0.25) is 0 Å². The average molecular weight is 514 g/mol. The van der Waals surface area contributed by atoms with E-state index in [0.29, 0.717) is 0 Å². The van der Waals surface area contributed by atoms with Gasteiger partial charge in [0.1, 0.15) is 0 Å². The van der Waals surface area contributed by atoms with E-state index in [4.69, 9.17) is 4.74 Å². The van der Waals surface area contributed by atoms with Gasteiger partial charge < -0.3 is 0 Å². The molecular weight excluding hydrogens is 469 g/mol. The summed E-state index contributed by atoms with van der Waals surface area (Å²) in [6.45, 7) is 16.6. The Morgan fingerprint density at radius 1 is 1.03 bits per heavy atom. The van der Waals surface area contributed by atoms with E-state index in [0.717, 1.165) is 0 Å². The Balaban J connectivity index is 3.38. The van der Waals surface area contributed by atoms with Crippen LogP contribution in [0, 0.1) is 5.92 Å². The molecule has 0 spiro atoms. The normalized spacial score (nSPS) is 17.8. The third kappa shape index (κ3) is 7.29. The fourth-order valence-corrected chi connectivity index (χ4v) is 22.3. The molecule has 0 saturated heterocycles. The van der Waals surface area contributed by atoms with Crippen molar-refractivity contribution in [2.24, 2.45) is 5.92 Å². The van der Waals surface area contributed by atoms with Gasteiger partial charge in [0.25, 0.3) is 0 Å². The van der Waals surface area contributed by atoms with Crippen molar-refractivity contribution < 1.29 is 14.3 Å². The number of rotatable bonds is 11. The Morgan fingerprint density at radius 3 is 1.83 bits per heavy atom. The van der Waals surface area contributed by atoms with Gasteiger partial charge in [-0.25, -0.2) is 0 Å². The number of carbonyl (C=O) groups excluding carboxylic acids is 2. The molecule has 0 fully saturated rings. The van der Waals surface area contributed by atoms with Crippen LogP contribution < -0.4 is 0 Å². The van der Waals surface area contributed by atoms with E-state index in [1.54, 1.807) is 0 Å². The summed E-state index contributed by atoms with van der Waals surface area (Å²) in [5.74, 6) is 0.0553. The monoisotopic (exact) mass is 515 g/mol. The Labute approximate surface area is 183 Å². The molecule has 5 heteroatoms. The fraction of sp³-hybridized carbons (Fsp3) is 0.833. The molecule has 0 radical (unpaired) electrons. The van der Waals surface area contributed by atoms with E-state index >= 15 is 0 Å². The Morgan fingerprint density at radius 2 is 1.48 bits per heavy atom. The maximum absolute atomic E-state index is 13.1. The van der Waals surface area contributed by atoms with Crippen LogP contribution in [0.5, 0.6) is 0 Å². The summed E-state index contributed by atoms with van der Waals surface area (Å²) < 4.78 is 10.9. The van der Waals surface area contributed by atoms with Crippen molar-refractivity contribution in [3.05, 3.63) is 9.67 Å². The SMILES string of the molecule is CCC[CH2][Sn]([CH2]CCC)([CH2]CCC)[C]1=CC(=O)N(C(=O)OC(C)(C)C)C1C(C)C. The molecule has 1 aliphatic heterocycles. The average Bonchev–Trinajstić information content (AvgIpc) is 2.98. The van der Waals surface area contributed by atoms with Crippen molar-refractivity contribution in [1.29, 1.82) is 0 Å².